The van der Waals surface area contributed by atoms with Crippen LogP contribution in [0.5, 0.6) is 0 Å². The van der Waals surface area contributed by atoms with Gasteiger partial charge in [-0.15, -0.1) is 0 Å². The van der Waals surface area contributed by atoms with Gasteiger partial charge in [-0.2, -0.15) is 0 Å². The predicted molar refractivity (Wildman–Crippen MR) is 97.7 cm³/mol. The number of rotatable bonds is 5. The number of carboxylic acids is 1. The van der Waals surface area contributed by atoms with Gasteiger partial charge in [0, 0.05) is 11.6 Å². The lowest BCUT2D eigenvalue weighted by molar-refractivity contribution is 0.0691. The number of carbonyl (C=O) groups excluding carboxylic acids is 1. The number of nitrogens with one attached hydrogen (secondary N) is 2. The number of carbonyl (C=O) groups is 2. The standard InChI is InChI=1S/C18H17F3N2O5S/c1-18(2,3)22-16(24)10-5-4-9(6-12(10)19)29(27,28)23-15-8-13(20)11(17(25)26)7-14(15)21/h4-8,23H,1-3H3,(H,22,24)(H,25,26). The fourth-order valence-corrected chi connectivity index (χ4v) is 3.32. The third kappa shape index (κ3) is 5.25. The Hall–Kier alpha value is -3.08. The summed E-state index contributed by atoms with van der Waals surface area (Å²) in [6.45, 7) is 5.03. The van der Waals surface area contributed by atoms with E-state index in [0.29, 0.717) is 18.2 Å². The zero-order chi connectivity index (χ0) is 22.1. The average molecular weight is 430 g/mol. The van der Waals surface area contributed by atoms with E-state index >= 15 is 0 Å². The highest BCUT2D eigenvalue weighted by atomic mass is 32.2. The van der Waals surface area contributed by atoms with E-state index in [0.717, 1.165) is 12.1 Å². The van der Waals surface area contributed by atoms with E-state index in [4.69, 9.17) is 5.11 Å². The van der Waals surface area contributed by atoms with Crippen molar-refractivity contribution in [1.82, 2.24) is 5.32 Å². The fourth-order valence-electron chi connectivity index (χ4n) is 2.25. The van der Waals surface area contributed by atoms with Crippen molar-refractivity contribution in [2.75, 3.05) is 4.72 Å². The molecule has 0 unspecified atom stereocenters. The van der Waals surface area contributed by atoms with Crippen molar-refractivity contribution in [2.24, 2.45) is 0 Å². The van der Waals surface area contributed by atoms with E-state index in [1.54, 1.807) is 25.5 Å². The Kier molecular flexibility index (Phi) is 5.93. The second kappa shape index (κ2) is 7.74. The highest BCUT2D eigenvalue weighted by Crippen LogP contribution is 2.24. The van der Waals surface area contributed by atoms with Crippen LogP contribution in [-0.2, 0) is 10.0 Å². The summed E-state index contributed by atoms with van der Waals surface area (Å²) in [5.74, 6) is -6.33. The van der Waals surface area contributed by atoms with Crippen LogP contribution in [0.4, 0.5) is 18.9 Å². The second-order valence-electron chi connectivity index (χ2n) is 7.07. The van der Waals surface area contributed by atoms with E-state index < -0.39 is 66.6 Å². The monoisotopic (exact) mass is 430 g/mol. The average Bonchev–Trinajstić information content (AvgIpc) is 2.55. The number of benzene rings is 2. The lowest BCUT2D eigenvalue weighted by Crippen LogP contribution is -2.40. The van der Waals surface area contributed by atoms with Crippen molar-refractivity contribution < 1.29 is 36.3 Å². The Morgan fingerprint density at radius 3 is 2.03 bits per heavy atom. The Bertz CT molecular complexity index is 1100. The minimum Gasteiger partial charge on any atom is -0.478 e. The summed E-state index contributed by atoms with van der Waals surface area (Å²) in [5.41, 5.74) is -2.89. The molecule has 0 aliphatic carbocycles. The molecule has 0 atom stereocenters. The summed E-state index contributed by atoms with van der Waals surface area (Å²) >= 11 is 0. The van der Waals surface area contributed by atoms with E-state index in [9.17, 15) is 31.2 Å². The van der Waals surface area contributed by atoms with Crippen LogP contribution in [0.2, 0.25) is 0 Å². The van der Waals surface area contributed by atoms with Gasteiger partial charge in [0.15, 0.2) is 0 Å². The number of hydrogen-bond acceptors (Lipinski definition) is 4. The maximum atomic E-state index is 14.3. The normalized spacial score (nSPS) is 11.8. The molecule has 11 heteroatoms. The highest BCUT2D eigenvalue weighted by Gasteiger charge is 2.23. The Balaban J connectivity index is 2.35. The quantitative estimate of drug-likeness (QED) is 0.675. The van der Waals surface area contributed by atoms with Gasteiger partial charge in [-0.25, -0.2) is 26.4 Å². The van der Waals surface area contributed by atoms with Gasteiger partial charge in [0.1, 0.15) is 17.5 Å². The molecule has 7 nitrogen and oxygen atoms in total. The molecule has 0 bridgehead atoms. The molecule has 2 aromatic rings. The molecule has 156 valence electrons. The van der Waals surface area contributed by atoms with Crippen LogP contribution in [0.25, 0.3) is 0 Å². The molecule has 0 aromatic heterocycles. The fraction of sp³-hybridized carbons (Fsp3) is 0.222. The smallest absolute Gasteiger partial charge is 0.338 e. The molecule has 2 aromatic carbocycles. The molecule has 0 fully saturated rings. The third-order valence-corrected chi connectivity index (χ3v) is 4.88. The maximum absolute atomic E-state index is 14.3. The molecule has 0 saturated heterocycles. The van der Waals surface area contributed by atoms with Crippen molar-refractivity contribution >= 4 is 27.6 Å². The van der Waals surface area contributed by atoms with E-state index in [1.807, 2.05) is 0 Å². The Labute approximate surface area is 164 Å². The van der Waals surface area contributed by atoms with E-state index in [-0.39, 0.29) is 0 Å². The first-order valence-corrected chi connectivity index (χ1v) is 9.57. The molecule has 0 aliphatic heterocycles. The summed E-state index contributed by atoms with van der Waals surface area (Å²) < 4.78 is 68.4. The summed E-state index contributed by atoms with van der Waals surface area (Å²) in [6, 6.07) is 3.09. The number of halogens is 3. The summed E-state index contributed by atoms with van der Waals surface area (Å²) in [7, 11) is -4.56. The van der Waals surface area contributed by atoms with Crippen LogP contribution >= 0.6 is 0 Å². The highest BCUT2D eigenvalue weighted by molar-refractivity contribution is 7.92. The third-order valence-electron chi connectivity index (χ3n) is 3.52. The Morgan fingerprint density at radius 2 is 1.52 bits per heavy atom. The van der Waals surface area contributed by atoms with Crippen molar-refractivity contribution in [1.29, 1.82) is 0 Å². The van der Waals surface area contributed by atoms with Crippen LogP contribution in [0.1, 0.15) is 41.5 Å². The minimum atomic E-state index is -4.56. The number of sulfonamides is 1. The molecule has 0 aliphatic rings. The lowest BCUT2D eigenvalue weighted by atomic mass is 10.1. The van der Waals surface area contributed by atoms with Crippen molar-refractivity contribution in [3.63, 3.8) is 0 Å². The van der Waals surface area contributed by atoms with Gasteiger partial charge in [0.2, 0.25) is 0 Å². The Morgan fingerprint density at radius 1 is 0.931 bits per heavy atom. The molecule has 1 amide bonds. The van der Waals surface area contributed by atoms with Crippen LogP contribution in [0.15, 0.2) is 35.2 Å². The van der Waals surface area contributed by atoms with Crippen molar-refractivity contribution in [3.8, 4) is 0 Å². The second-order valence-corrected chi connectivity index (χ2v) is 8.75. The molecular weight excluding hydrogens is 413 g/mol. The number of anilines is 1. The first-order chi connectivity index (χ1) is 13.2. The van der Waals surface area contributed by atoms with E-state index in [1.165, 1.54) is 0 Å². The first-order valence-electron chi connectivity index (χ1n) is 8.08. The van der Waals surface area contributed by atoms with E-state index in [2.05, 4.69) is 5.32 Å². The number of carboxylic acid groups (broad SMARTS) is 1. The number of aromatic carboxylic acids is 1. The first kappa shape index (κ1) is 22.2. The zero-order valence-electron chi connectivity index (χ0n) is 15.5. The molecule has 0 radical (unpaired) electrons. The lowest BCUT2D eigenvalue weighted by Gasteiger charge is -2.20. The van der Waals surface area contributed by atoms with Crippen molar-refractivity contribution in [3.05, 3.63) is 58.9 Å². The van der Waals surface area contributed by atoms with Crippen LogP contribution in [0.3, 0.4) is 0 Å². The van der Waals surface area contributed by atoms with Crippen LogP contribution < -0.4 is 10.0 Å². The topological polar surface area (TPSA) is 113 Å². The van der Waals surface area contributed by atoms with Crippen molar-refractivity contribution in [2.45, 2.75) is 31.2 Å². The SMILES string of the molecule is CC(C)(C)NC(=O)c1ccc(S(=O)(=O)Nc2cc(F)c(C(=O)O)cc2F)cc1F. The predicted octanol–water partition coefficient (Wildman–Crippen LogP) is 3.13. The van der Waals surface area contributed by atoms with Gasteiger partial charge >= 0.3 is 5.97 Å². The number of amides is 1. The van der Waals surface area contributed by atoms with Gasteiger partial charge in [-0.1, -0.05) is 0 Å². The minimum absolute atomic E-state index is 0.316. The van der Waals surface area contributed by atoms with Crippen LogP contribution in [0, 0.1) is 17.5 Å². The summed E-state index contributed by atoms with van der Waals surface area (Å²) in [4.78, 5) is 22.2. The summed E-state index contributed by atoms with van der Waals surface area (Å²) in [6.07, 6.45) is 0. The molecule has 29 heavy (non-hydrogen) atoms. The van der Waals surface area contributed by atoms with Gasteiger partial charge in [0.05, 0.1) is 21.7 Å². The maximum Gasteiger partial charge on any atom is 0.338 e. The van der Waals surface area contributed by atoms with Gasteiger partial charge < -0.3 is 10.4 Å². The van der Waals surface area contributed by atoms with Gasteiger partial charge in [-0.3, -0.25) is 9.52 Å². The molecular formula is C18H17F3N2O5S. The molecule has 0 heterocycles. The molecule has 2 rings (SSSR count). The molecule has 3 N–H and O–H groups in total. The van der Waals surface area contributed by atoms with Gasteiger partial charge in [0.25, 0.3) is 15.9 Å². The molecule has 0 saturated carbocycles. The summed E-state index contributed by atoms with van der Waals surface area (Å²) in [5, 5.41) is 11.3. The molecule has 0 spiro atoms. The van der Waals surface area contributed by atoms with Crippen LogP contribution in [-0.4, -0.2) is 30.9 Å². The zero-order valence-corrected chi connectivity index (χ0v) is 16.3. The van der Waals surface area contributed by atoms with Gasteiger partial charge in [-0.05, 0) is 45.0 Å². The number of hydrogen-bond donors (Lipinski definition) is 3. The largest absolute Gasteiger partial charge is 0.478 e.